The first-order valence-corrected chi connectivity index (χ1v) is 9.92. The van der Waals surface area contributed by atoms with Crippen molar-refractivity contribution in [2.24, 2.45) is 5.92 Å². The van der Waals surface area contributed by atoms with Crippen LogP contribution in [0.5, 0.6) is 0 Å². The van der Waals surface area contributed by atoms with Crippen molar-refractivity contribution in [1.29, 1.82) is 5.26 Å². The summed E-state index contributed by atoms with van der Waals surface area (Å²) < 4.78 is 0. The Morgan fingerprint density at radius 3 is 2.61 bits per heavy atom. The lowest BCUT2D eigenvalue weighted by Crippen LogP contribution is -2.47. The monoisotopic (exact) mass is 391 g/mol. The molecule has 1 atom stereocenters. The summed E-state index contributed by atoms with van der Waals surface area (Å²) in [5, 5.41) is 19.1. The van der Waals surface area contributed by atoms with E-state index in [2.05, 4.69) is 10.6 Å². The van der Waals surface area contributed by atoms with E-state index in [1.54, 1.807) is 11.4 Å². The third-order valence-electron chi connectivity index (χ3n) is 4.52. The number of thiophene rings is 1. The van der Waals surface area contributed by atoms with E-state index < -0.39 is 6.04 Å². The highest BCUT2D eigenvalue weighted by atomic mass is 32.1. The largest absolute Gasteiger partial charge is 0.344 e. The normalized spacial score (nSPS) is 11.8. The van der Waals surface area contributed by atoms with Crippen molar-refractivity contribution in [2.45, 2.75) is 26.3 Å². The van der Waals surface area contributed by atoms with Gasteiger partial charge in [0, 0.05) is 0 Å². The lowest BCUT2D eigenvalue weighted by Gasteiger charge is -2.21. The molecule has 0 aliphatic heterocycles. The van der Waals surface area contributed by atoms with Gasteiger partial charge < -0.3 is 10.6 Å². The van der Waals surface area contributed by atoms with E-state index in [0.29, 0.717) is 10.6 Å². The van der Waals surface area contributed by atoms with E-state index in [1.807, 2.05) is 62.4 Å². The molecule has 0 spiro atoms. The van der Waals surface area contributed by atoms with E-state index in [4.69, 9.17) is 5.26 Å². The maximum absolute atomic E-state index is 12.7. The fraction of sp³-hybridized carbons (Fsp3) is 0.227. The number of benzene rings is 2. The van der Waals surface area contributed by atoms with Gasteiger partial charge in [0.15, 0.2) is 0 Å². The van der Waals surface area contributed by atoms with Crippen LogP contribution in [0.15, 0.2) is 53.9 Å². The van der Waals surface area contributed by atoms with E-state index in [1.165, 1.54) is 11.3 Å². The van der Waals surface area contributed by atoms with E-state index in [0.717, 1.165) is 16.3 Å². The van der Waals surface area contributed by atoms with Crippen molar-refractivity contribution in [3.05, 3.63) is 65.0 Å². The first kappa shape index (κ1) is 19.6. The molecule has 2 N–H and O–H groups in total. The summed E-state index contributed by atoms with van der Waals surface area (Å²) in [5.74, 6) is -0.626. The van der Waals surface area contributed by atoms with Gasteiger partial charge in [0.05, 0.1) is 12.0 Å². The number of nitrogens with one attached hydrogen (secondary N) is 2. The molecule has 0 aliphatic rings. The standard InChI is InChI=1S/C22H21N3O2S/c1-14(2)20(21(27)25-22-17(13-23)10-11-28-22)24-19(26)12-16-8-5-7-15-6-3-4-9-18(15)16/h3-11,14,20H,12H2,1-2H3,(H,24,26)(H,25,27)/t20-/m1/s1. The summed E-state index contributed by atoms with van der Waals surface area (Å²) >= 11 is 1.29. The summed E-state index contributed by atoms with van der Waals surface area (Å²) in [6.45, 7) is 3.75. The molecule has 28 heavy (non-hydrogen) atoms. The number of carbonyl (C=O) groups excluding carboxylic acids is 2. The van der Waals surface area contributed by atoms with Crippen LogP contribution < -0.4 is 10.6 Å². The fourth-order valence-corrected chi connectivity index (χ4v) is 3.80. The predicted octanol–water partition coefficient (Wildman–Crippen LogP) is 4.09. The third kappa shape index (κ3) is 4.38. The Kier molecular flexibility index (Phi) is 6.07. The average molecular weight is 391 g/mol. The lowest BCUT2D eigenvalue weighted by molar-refractivity contribution is -0.127. The fourth-order valence-electron chi connectivity index (χ4n) is 3.06. The van der Waals surface area contributed by atoms with Crippen molar-refractivity contribution in [1.82, 2.24) is 5.32 Å². The number of hydrogen-bond donors (Lipinski definition) is 2. The van der Waals surface area contributed by atoms with Crippen molar-refractivity contribution in [3.8, 4) is 6.07 Å². The number of hydrogen-bond acceptors (Lipinski definition) is 4. The van der Waals surface area contributed by atoms with Crippen LogP contribution in [-0.2, 0) is 16.0 Å². The van der Waals surface area contributed by atoms with Gasteiger partial charge in [-0.2, -0.15) is 5.26 Å². The van der Waals surface area contributed by atoms with Gasteiger partial charge in [-0.15, -0.1) is 11.3 Å². The molecule has 3 aromatic rings. The molecule has 0 aliphatic carbocycles. The summed E-state index contributed by atoms with van der Waals surface area (Å²) in [7, 11) is 0. The molecule has 142 valence electrons. The van der Waals surface area contributed by atoms with Gasteiger partial charge in [-0.3, -0.25) is 9.59 Å². The first-order valence-electron chi connectivity index (χ1n) is 9.04. The van der Waals surface area contributed by atoms with Crippen LogP contribution in [0.4, 0.5) is 5.00 Å². The Balaban J connectivity index is 1.72. The minimum atomic E-state index is -0.684. The second-order valence-electron chi connectivity index (χ2n) is 6.87. The Morgan fingerprint density at radius 1 is 1.11 bits per heavy atom. The number of nitrogens with zero attached hydrogens (tertiary/aromatic N) is 1. The number of fused-ring (bicyclic) bond motifs is 1. The van der Waals surface area contributed by atoms with E-state index in [-0.39, 0.29) is 24.2 Å². The summed E-state index contributed by atoms with van der Waals surface area (Å²) in [6, 6.07) is 16.8. The highest BCUT2D eigenvalue weighted by Gasteiger charge is 2.25. The maximum Gasteiger partial charge on any atom is 0.247 e. The number of nitriles is 1. The smallest absolute Gasteiger partial charge is 0.247 e. The molecule has 1 aromatic heterocycles. The molecular formula is C22H21N3O2S. The molecule has 3 rings (SSSR count). The minimum Gasteiger partial charge on any atom is -0.344 e. The quantitative estimate of drug-likeness (QED) is 0.664. The number of anilines is 1. The molecule has 5 nitrogen and oxygen atoms in total. The topological polar surface area (TPSA) is 82.0 Å². The van der Waals surface area contributed by atoms with Gasteiger partial charge in [0.1, 0.15) is 17.1 Å². The van der Waals surface area contributed by atoms with Gasteiger partial charge in [-0.05, 0) is 33.7 Å². The van der Waals surface area contributed by atoms with Crippen LogP contribution in [0.25, 0.3) is 10.8 Å². The van der Waals surface area contributed by atoms with Crippen LogP contribution >= 0.6 is 11.3 Å². The predicted molar refractivity (Wildman–Crippen MR) is 112 cm³/mol. The van der Waals surface area contributed by atoms with Crippen LogP contribution in [0.3, 0.4) is 0 Å². The molecule has 1 heterocycles. The van der Waals surface area contributed by atoms with Crippen molar-refractivity contribution in [3.63, 3.8) is 0 Å². The van der Waals surface area contributed by atoms with Gasteiger partial charge in [0.25, 0.3) is 0 Å². The number of carbonyl (C=O) groups is 2. The van der Waals surface area contributed by atoms with Gasteiger partial charge >= 0.3 is 0 Å². The zero-order valence-electron chi connectivity index (χ0n) is 15.7. The molecule has 6 heteroatoms. The van der Waals surface area contributed by atoms with E-state index >= 15 is 0 Å². The molecule has 0 bridgehead atoms. The van der Waals surface area contributed by atoms with Crippen LogP contribution in [0, 0.1) is 17.2 Å². The zero-order chi connectivity index (χ0) is 20.1. The Hall–Kier alpha value is -3.17. The van der Waals surface area contributed by atoms with Gasteiger partial charge in [-0.1, -0.05) is 56.3 Å². The molecule has 0 saturated heterocycles. The lowest BCUT2D eigenvalue weighted by atomic mass is 10.0. The van der Waals surface area contributed by atoms with E-state index in [9.17, 15) is 9.59 Å². The molecular weight excluding hydrogens is 370 g/mol. The third-order valence-corrected chi connectivity index (χ3v) is 5.35. The highest BCUT2D eigenvalue weighted by molar-refractivity contribution is 7.14. The molecule has 0 radical (unpaired) electrons. The molecule has 0 saturated carbocycles. The van der Waals surface area contributed by atoms with Crippen LogP contribution in [0.1, 0.15) is 25.0 Å². The van der Waals surface area contributed by atoms with Gasteiger partial charge in [-0.25, -0.2) is 0 Å². The van der Waals surface area contributed by atoms with Crippen molar-refractivity contribution >= 4 is 38.9 Å². The Labute approximate surface area is 168 Å². The van der Waals surface area contributed by atoms with Gasteiger partial charge in [0.2, 0.25) is 11.8 Å². The summed E-state index contributed by atoms with van der Waals surface area (Å²) in [4.78, 5) is 25.4. The zero-order valence-corrected chi connectivity index (χ0v) is 16.5. The second-order valence-corrected chi connectivity index (χ2v) is 7.78. The number of amides is 2. The van der Waals surface area contributed by atoms with Crippen LogP contribution in [0.2, 0.25) is 0 Å². The Bertz CT molecular complexity index is 1040. The molecule has 0 unspecified atom stereocenters. The average Bonchev–Trinajstić information content (AvgIpc) is 3.13. The molecule has 2 aromatic carbocycles. The van der Waals surface area contributed by atoms with Crippen molar-refractivity contribution < 1.29 is 9.59 Å². The maximum atomic E-state index is 12.7. The molecule has 0 fully saturated rings. The minimum absolute atomic E-state index is 0.0954. The second kappa shape index (κ2) is 8.68. The van der Waals surface area contributed by atoms with Crippen LogP contribution in [-0.4, -0.2) is 17.9 Å². The Morgan fingerprint density at radius 2 is 1.86 bits per heavy atom. The summed E-state index contributed by atoms with van der Waals surface area (Å²) in [6.07, 6.45) is 0.195. The first-order chi connectivity index (χ1) is 13.5. The highest BCUT2D eigenvalue weighted by Crippen LogP contribution is 2.23. The van der Waals surface area contributed by atoms with Crippen molar-refractivity contribution in [2.75, 3.05) is 5.32 Å². The SMILES string of the molecule is CC(C)[C@@H](NC(=O)Cc1cccc2ccccc12)C(=O)Nc1sccc1C#N. The molecule has 2 amide bonds. The number of rotatable bonds is 6. The summed E-state index contributed by atoms with van der Waals surface area (Å²) in [5.41, 5.74) is 1.34.